The van der Waals surface area contributed by atoms with E-state index >= 15 is 0 Å². The summed E-state index contributed by atoms with van der Waals surface area (Å²) in [6.45, 7) is 3.16. The van der Waals surface area contributed by atoms with Gasteiger partial charge < -0.3 is 4.90 Å². The highest BCUT2D eigenvalue weighted by Crippen LogP contribution is 2.35. The van der Waals surface area contributed by atoms with Gasteiger partial charge in [0.15, 0.2) is 5.82 Å². The average molecular weight is 427 g/mol. The molecule has 2 aliphatic heterocycles. The van der Waals surface area contributed by atoms with Crippen LogP contribution in [0.4, 0.5) is 5.82 Å². The number of carbonyl (C=O) groups excluding carboxylic acids is 2. The molecular formula is C26H26N4O2. The van der Waals surface area contributed by atoms with E-state index in [9.17, 15) is 9.59 Å². The van der Waals surface area contributed by atoms with Crippen molar-refractivity contribution >= 4 is 17.6 Å². The Kier molecular flexibility index (Phi) is 5.43. The maximum atomic E-state index is 13.2. The Hall–Kier alpha value is -3.54. The molecule has 0 spiro atoms. The smallest absolute Gasteiger partial charge is 0.254 e. The number of likely N-dealkylation sites (tertiary alicyclic amines) is 1. The maximum absolute atomic E-state index is 13.2. The molecule has 1 fully saturated rings. The van der Waals surface area contributed by atoms with Crippen LogP contribution in [-0.4, -0.2) is 33.2 Å². The second-order valence-electron chi connectivity index (χ2n) is 8.46. The van der Waals surface area contributed by atoms with E-state index in [2.05, 4.69) is 0 Å². The third kappa shape index (κ3) is 3.77. The summed E-state index contributed by atoms with van der Waals surface area (Å²) >= 11 is 0. The Bertz CT molecular complexity index is 1150. The summed E-state index contributed by atoms with van der Waals surface area (Å²) in [5.41, 5.74) is 3.67. The molecule has 1 aromatic heterocycles. The molecule has 0 saturated carbocycles. The molecule has 2 amide bonds. The highest BCUT2D eigenvalue weighted by molar-refractivity contribution is 5.96. The van der Waals surface area contributed by atoms with Crippen LogP contribution in [-0.2, 0) is 17.8 Å². The first-order valence-corrected chi connectivity index (χ1v) is 11.2. The largest absolute Gasteiger partial charge is 0.328 e. The van der Waals surface area contributed by atoms with Crippen molar-refractivity contribution in [2.75, 3.05) is 11.4 Å². The molecule has 1 atom stereocenters. The molecule has 1 saturated heterocycles. The number of amides is 2. The zero-order valence-corrected chi connectivity index (χ0v) is 18.2. The molecule has 3 aromatic rings. The Balaban J connectivity index is 1.50. The van der Waals surface area contributed by atoms with Crippen molar-refractivity contribution < 1.29 is 9.59 Å². The van der Waals surface area contributed by atoms with Gasteiger partial charge in [0, 0.05) is 29.8 Å². The quantitative estimate of drug-likeness (QED) is 0.626. The minimum absolute atomic E-state index is 0.00397. The van der Waals surface area contributed by atoms with E-state index in [1.54, 1.807) is 4.90 Å². The molecule has 6 nitrogen and oxygen atoms in total. The second kappa shape index (κ2) is 8.54. The number of hydrogen-bond acceptors (Lipinski definition) is 4. The van der Waals surface area contributed by atoms with Gasteiger partial charge in [-0.3, -0.25) is 14.5 Å². The SMILES string of the molecule is Cc1nc(C2CCCN2C(=O)c2ccccc2)nc2c1CCC(=O)N2Cc1ccccc1. The van der Waals surface area contributed by atoms with Gasteiger partial charge in [0.2, 0.25) is 5.91 Å². The van der Waals surface area contributed by atoms with Crippen molar-refractivity contribution in [3.8, 4) is 0 Å². The Labute approximate surface area is 187 Å². The molecule has 0 radical (unpaired) electrons. The first-order chi connectivity index (χ1) is 15.6. The Morgan fingerprint density at radius 3 is 2.47 bits per heavy atom. The van der Waals surface area contributed by atoms with Crippen LogP contribution in [0.25, 0.3) is 0 Å². The predicted octanol–water partition coefficient (Wildman–Crippen LogP) is 4.24. The van der Waals surface area contributed by atoms with Crippen molar-refractivity contribution in [1.82, 2.24) is 14.9 Å². The van der Waals surface area contributed by atoms with Crippen LogP contribution in [0.2, 0.25) is 0 Å². The lowest BCUT2D eigenvalue weighted by Crippen LogP contribution is -2.37. The fourth-order valence-electron chi connectivity index (χ4n) is 4.71. The van der Waals surface area contributed by atoms with Crippen LogP contribution in [0, 0.1) is 6.92 Å². The van der Waals surface area contributed by atoms with Gasteiger partial charge in [0.1, 0.15) is 5.82 Å². The second-order valence-corrected chi connectivity index (χ2v) is 8.46. The third-order valence-corrected chi connectivity index (χ3v) is 6.37. The number of rotatable bonds is 4. The summed E-state index contributed by atoms with van der Waals surface area (Å²) in [6, 6.07) is 19.2. The standard InChI is InChI=1S/C26H26N4O2/c1-18-21-14-15-23(31)30(17-19-9-4-2-5-10-19)25(21)28-24(27-18)22-13-8-16-29(22)26(32)20-11-6-3-7-12-20/h2-7,9-12,22H,8,13-17H2,1H3. The average Bonchev–Trinajstić information content (AvgIpc) is 3.31. The number of benzene rings is 2. The molecule has 162 valence electrons. The molecule has 2 aromatic carbocycles. The van der Waals surface area contributed by atoms with Crippen molar-refractivity contribution in [3.63, 3.8) is 0 Å². The van der Waals surface area contributed by atoms with Crippen LogP contribution in [0.3, 0.4) is 0 Å². The van der Waals surface area contributed by atoms with Gasteiger partial charge >= 0.3 is 0 Å². The Morgan fingerprint density at radius 2 is 1.72 bits per heavy atom. The van der Waals surface area contributed by atoms with Crippen molar-refractivity contribution in [1.29, 1.82) is 0 Å². The van der Waals surface area contributed by atoms with E-state index in [0.29, 0.717) is 43.1 Å². The fraction of sp³-hybridized carbons (Fsp3) is 0.308. The molecular weight excluding hydrogens is 400 g/mol. The molecule has 1 unspecified atom stereocenters. The van der Waals surface area contributed by atoms with Crippen LogP contribution in [0.5, 0.6) is 0 Å². The van der Waals surface area contributed by atoms with Gasteiger partial charge in [-0.25, -0.2) is 9.97 Å². The molecule has 32 heavy (non-hydrogen) atoms. The van der Waals surface area contributed by atoms with Crippen molar-refractivity contribution in [3.05, 3.63) is 88.9 Å². The number of aromatic nitrogens is 2. The lowest BCUT2D eigenvalue weighted by atomic mass is 10.0. The monoisotopic (exact) mass is 426 g/mol. The van der Waals surface area contributed by atoms with Crippen LogP contribution < -0.4 is 4.90 Å². The molecule has 6 heteroatoms. The van der Waals surface area contributed by atoms with Gasteiger partial charge in [0.05, 0.1) is 12.6 Å². The molecule has 3 heterocycles. The predicted molar refractivity (Wildman–Crippen MR) is 122 cm³/mol. The summed E-state index contributed by atoms with van der Waals surface area (Å²) in [5, 5.41) is 0. The van der Waals surface area contributed by atoms with E-state index in [1.807, 2.05) is 72.5 Å². The lowest BCUT2D eigenvalue weighted by Gasteiger charge is -2.31. The Morgan fingerprint density at radius 1 is 1.00 bits per heavy atom. The van der Waals surface area contributed by atoms with Crippen LogP contribution in [0.1, 0.15) is 58.3 Å². The number of carbonyl (C=O) groups is 2. The summed E-state index contributed by atoms with van der Waals surface area (Å²) in [4.78, 5) is 39.4. The zero-order valence-electron chi connectivity index (χ0n) is 18.2. The minimum atomic E-state index is -0.178. The van der Waals surface area contributed by atoms with Crippen molar-refractivity contribution in [2.24, 2.45) is 0 Å². The topological polar surface area (TPSA) is 66.4 Å². The highest BCUT2D eigenvalue weighted by atomic mass is 16.2. The number of aryl methyl sites for hydroxylation is 1. The van der Waals surface area contributed by atoms with Gasteiger partial charge in [-0.15, -0.1) is 0 Å². The van der Waals surface area contributed by atoms with Crippen LogP contribution >= 0.6 is 0 Å². The molecule has 0 aliphatic carbocycles. The van der Waals surface area contributed by atoms with Crippen molar-refractivity contribution in [2.45, 2.75) is 45.2 Å². The highest BCUT2D eigenvalue weighted by Gasteiger charge is 2.35. The number of fused-ring (bicyclic) bond motifs is 1. The summed E-state index contributed by atoms with van der Waals surface area (Å²) in [7, 11) is 0. The molecule has 5 rings (SSSR count). The third-order valence-electron chi connectivity index (χ3n) is 6.37. The number of hydrogen-bond donors (Lipinski definition) is 0. The van der Waals surface area contributed by atoms with Gasteiger partial charge in [-0.2, -0.15) is 0 Å². The summed E-state index contributed by atoms with van der Waals surface area (Å²) in [5.74, 6) is 1.42. The molecule has 0 bridgehead atoms. The fourth-order valence-corrected chi connectivity index (χ4v) is 4.71. The van der Waals surface area contributed by atoms with E-state index in [0.717, 1.165) is 29.7 Å². The van der Waals surface area contributed by atoms with Gasteiger partial charge in [-0.1, -0.05) is 48.5 Å². The van der Waals surface area contributed by atoms with Crippen LogP contribution in [0.15, 0.2) is 60.7 Å². The van der Waals surface area contributed by atoms with Gasteiger partial charge in [0.25, 0.3) is 5.91 Å². The normalized spacial score (nSPS) is 18.0. The lowest BCUT2D eigenvalue weighted by molar-refractivity contribution is -0.119. The molecule has 2 aliphatic rings. The maximum Gasteiger partial charge on any atom is 0.254 e. The summed E-state index contributed by atoms with van der Waals surface area (Å²) in [6.07, 6.45) is 2.85. The van der Waals surface area contributed by atoms with Gasteiger partial charge in [-0.05, 0) is 43.9 Å². The van der Waals surface area contributed by atoms with E-state index < -0.39 is 0 Å². The summed E-state index contributed by atoms with van der Waals surface area (Å²) < 4.78 is 0. The first kappa shape index (κ1) is 20.4. The number of anilines is 1. The number of nitrogens with zero attached hydrogens (tertiary/aromatic N) is 4. The zero-order chi connectivity index (χ0) is 22.1. The minimum Gasteiger partial charge on any atom is -0.328 e. The first-order valence-electron chi connectivity index (χ1n) is 11.2. The van der Waals surface area contributed by atoms with E-state index in [1.165, 1.54) is 0 Å². The van der Waals surface area contributed by atoms with E-state index in [4.69, 9.17) is 9.97 Å². The van der Waals surface area contributed by atoms with E-state index in [-0.39, 0.29) is 17.9 Å². The molecule has 0 N–H and O–H groups in total.